The smallest absolute Gasteiger partial charge is 0.280 e. The average Bonchev–Trinajstić information content (AvgIpc) is 3.28. The predicted octanol–water partition coefficient (Wildman–Crippen LogP) is 4.23. The summed E-state index contributed by atoms with van der Waals surface area (Å²) in [6.07, 6.45) is -1.40. The molecule has 0 aliphatic heterocycles. The number of aromatic nitrogens is 6. The summed E-state index contributed by atoms with van der Waals surface area (Å²) in [5.41, 5.74) is 3.47. The van der Waals surface area contributed by atoms with Crippen molar-refractivity contribution < 1.29 is 8.78 Å². The third-order valence-corrected chi connectivity index (χ3v) is 4.77. The van der Waals surface area contributed by atoms with E-state index in [1.54, 1.807) is 23.7 Å². The molecule has 4 rings (SSSR count). The van der Waals surface area contributed by atoms with Crippen molar-refractivity contribution in [3.63, 3.8) is 0 Å². The van der Waals surface area contributed by atoms with Crippen LogP contribution in [-0.4, -0.2) is 29.5 Å². The number of rotatable bonds is 5. The minimum atomic E-state index is -2.68. The largest absolute Gasteiger partial charge is 0.323 e. The van der Waals surface area contributed by atoms with E-state index in [1.165, 1.54) is 18.5 Å². The van der Waals surface area contributed by atoms with Crippen molar-refractivity contribution in [3.05, 3.63) is 65.2 Å². The molecule has 0 aliphatic carbocycles. The van der Waals surface area contributed by atoms with E-state index in [-0.39, 0.29) is 11.5 Å². The van der Waals surface area contributed by atoms with Gasteiger partial charge in [0.25, 0.3) is 6.43 Å². The van der Waals surface area contributed by atoms with Gasteiger partial charge in [0.15, 0.2) is 11.6 Å². The first-order valence-corrected chi connectivity index (χ1v) is 9.35. The van der Waals surface area contributed by atoms with Gasteiger partial charge in [-0.3, -0.25) is 4.68 Å². The highest BCUT2D eigenvalue weighted by Crippen LogP contribution is 2.30. The number of nitrogens with one attached hydrogen (secondary N) is 1. The van der Waals surface area contributed by atoms with Gasteiger partial charge in [0.05, 0.1) is 23.0 Å². The Bertz CT molecular complexity index is 1280. The van der Waals surface area contributed by atoms with Crippen LogP contribution in [0.4, 0.5) is 20.4 Å². The van der Waals surface area contributed by atoms with Crippen molar-refractivity contribution in [2.75, 3.05) is 5.32 Å². The first-order chi connectivity index (χ1) is 14.9. The highest BCUT2D eigenvalue weighted by molar-refractivity contribution is 5.71. The third kappa shape index (κ3) is 3.85. The molecule has 10 heteroatoms. The molecule has 0 aliphatic rings. The van der Waals surface area contributed by atoms with Gasteiger partial charge in [-0.25, -0.2) is 23.4 Å². The second kappa shape index (κ2) is 7.95. The highest BCUT2D eigenvalue weighted by atomic mass is 19.3. The summed E-state index contributed by atoms with van der Waals surface area (Å²) in [6.45, 7) is 3.56. The minimum Gasteiger partial charge on any atom is -0.323 e. The number of nitriles is 1. The SMILES string of the molecule is Cc1cc(C(F)F)n(-c2cc(Nc3nn(C)c(-c4ccc(C#N)cc4)c3C)ncn2)n1. The van der Waals surface area contributed by atoms with Gasteiger partial charge in [0, 0.05) is 24.2 Å². The van der Waals surface area contributed by atoms with E-state index < -0.39 is 6.43 Å². The first-order valence-electron chi connectivity index (χ1n) is 9.35. The summed E-state index contributed by atoms with van der Waals surface area (Å²) in [5.74, 6) is 1.19. The molecule has 31 heavy (non-hydrogen) atoms. The van der Waals surface area contributed by atoms with Gasteiger partial charge in [-0.05, 0) is 32.0 Å². The average molecular weight is 420 g/mol. The van der Waals surface area contributed by atoms with Gasteiger partial charge < -0.3 is 5.32 Å². The van der Waals surface area contributed by atoms with Crippen LogP contribution in [0.2, 0.25) is 0 Å². The number of hydrogen-bond acceptors (Lipinski definition) is 6. The topological polar surface area (TPSA) is 97.2 Å². The molecule has 3 aromatic heterocycles. The molecule has 8 nitrogen and oxygen atoms in total. The van der Waals surface area contributed by atoms with Crippen LogP contribution in [0.3, 0.4) is 0 Å². The molecule has 0 spiro atoms. The Labute approximate surface area is 176 Å². The van der Waals surface area contributed by atoms with E-state index in [9.17, 15) is 8.78 Å². The van der Waals surface area contributed by atoms with Gasteiger partial charge in [-0.1, -0.05) is 12.1 Å². The highest BCUT2D eigenvalue weighted by Gasteiger charge is 2.19. The Hall–Kier alpha value is -4.13. The minimum absolute atomic E-state index is 0.224. The second-order valence-corrected chi connectivity index (χ2v) is 6.94. The van der Waals surface area contributed by atoms with Crippen LogP contribution in [0, 0.1) is 25.2 Å². The van der Waals surface area contributed by atoms with E-state index in [0.29, 0.717) is 22.9 Å². The van der Waals surface area contributed by atoms with E-state index in [4.69, 9.17) is 5.26 Å². The van der Waals surface area contributed by atoms with Crippen molar-refractivity contribution in [2.24, 2.45) is 7.05 Å². The molecule has 0 radical (unpaired) electrons. The van der Waals surface area contributed by atoms with E-state index in [1.807, 2.05) is 26.1 Å². The van der Waals surface area contributed by atoms with Gasteiger partial charge in [0.2, 0.25) is 0 Å². The van der Waals surface area contributed by atoms with Crippen LogP contribution in [-0.2, 0) is 7.05 Å². The summed E-state index contributed by atoms with van der Waals surface area (Å²) in [4.78, 5) is 8.26. The Balaban J connectivity index is 1.67. The van der Waals surface area contributed by atoms with Gasteiger partial charge >= 0.3 is 0 Å². The molecule has 0 bridgehead atoms. The molecular formula is C21H18F2N8. The summed E-state index contributed by atoms with van der Waals surface area (Å²) >= 11 is 0. The molecule has 1 N–H and O–H groups in total. The first kappa shape index (κ1) is 20.2. The maximum absolute atomic E-state index is 13.3. The van der Waals surface area contributed by atoms with Crippen molar-refractivity contribution in [1.82, 2.24) is 29.5 Å². The zero-order valence-corrected chi connectivity index (χ0v) is 17.0. The Morgan fingerprint density at radius 2 is 1.81 bits per heavy atom. The fourth-order valence-electron chi connectivity index (χ4n) is 3.37. The molecule has 156 valence electrons. The number of halogens is 2. The maximum atomic E-state index is 13.3. The van der Waals surface area contributed by atoms with Gasteiger partial charge in [-0.15, -0.1) is 0 Å². The van der Waals surface area contributed by atoms with Crippen LogP contribution in [0.15, 0.2) is 42.7 Å². The Kier molecular flexibility index (Phi) is 5.17. The van der Waals surface area contributed by atoms with Crippen LogP contribution in [0.25, 0.3) is 17.1 Å². The van der Waals surface area contributed by atoms with Crippen molar-refractivity contribution in [1.29, 1.82) is 5.26 Å². The summed E-state index contributed by atoms with van der Waals surface area (Å²) in [5, 5.41) is 20.8. The van der Waals surface area contributed by atoms with E-state index >= 15 is 0 Å². The summed E-state index contributed by atoms with van der Waals surface area (Å²) < 4.78 is 29.5. The fourth-order valence-corrected chi connectivity index (χ4v) is 3.37. The van der Waals surface area contributed by atoms with E-state index in [2.05, 4.69) is 31.6 Å². The molecule has 4 aromatic rings. The normalized spacial score (nSPS) is 11.0. The van der Waals surface area contributed by atoms with Crippen LogP contribution in [0.5, 0.6) is 0 Å². The maximum Gasteiger partial charge on any atom is 0.280 e. The third-order valence-electron chi connectivity index (χ3n) is 4.77. The summed E-state index contributed by atoms with van der Waals surface area (Å²) in [6, 6.07) is 12.2. The monoisotopic (exact) mass is 420 g/mol. The quantitative estimate of drug-likeness (QED) is 0.519. The number of alkyl halides is 2. The van der Waals surface area contributed by atoms with Crippen LogP contribution < -0.4 is 5.32 Å². The molecule has 3 heterocycles. The van der Waals surface area contributed by atoms with Crippen molar-refractivity contribution in [3.8, 4) is 23.1 Å². The Morgan fingerprint density at radius 1 is 1.06 bits per heavy atom. The van der Waals surface area contributed by atoms with Crippen LogP contribution in [0.1, 0.15) is 28.9 Å². The Morgan fingerprint density at radius 3 is 2.48 bits per heavy atom. The van der Waals surface area contributed by atoms with Crippen molar-refractivity contribution >= 4 is 11.6 Å². The lowest BCUT2D eigenvalue weighted by atomic mass is 10.1. The summed E-state index contributed by atoms with van der Waals surface area (Å²) in [7, 11) is 1.82. The van der Waals surface area contributed by atoms with Crippen molar-refractivity contribution in [2.45, 2.75) is 20.3 Å². The number of hydrogen-bond donors (Lipinski definition) is 1. The van der Waals surface area contributed by atoms with E-state index in [0.717, 1.165) is 21.5 Å². The zero-order chi connectivity index (χ0) is 22.1. The zero-order valence-electron chi connectivity index (χ0n) is 17.0. The molecule has 0 amide bonds. The van der Waals surface area contributed by atoms with Gasteiger partial charge in [-0.2, -0.15) is 15.5 Å². The number of benzene rings is 1. The standard InChI is InChI=1S/C21H18F2N8/c1-12-8-16(20(22)23)31(28-12)18-9-17(25-11-26-18)27-21-13(2)19(30(3)29-21)15-6-4-14(10-24)5-7-15/h4-9,11,20H,1-3H3,(H,25,26,27,29). The molecule has 0 unspecified atom stereocenters. The lowest BCUT2D eigenvalue weighted by molar-refractivity contribution is 0.142. The number of anilines is 2. The fraction of sp³-hybridized carbons (Fsp3) is 0.190. The van der Waals surface area contributed by atoms with Crippen LogP contribution >= 0.6 is 0 Å². The second-order valence-electron chi connectivity index (χ2n) is 6.94. The lowest BCUT2D eigenvalue weighted by Crippen LogP contribution is -2.06. The molecule has 0 fully saturated rings. The molecular weight excluding hydrogens is 402 g/mol. The lowest BCUT2D eigenvalue weighted by Gasteiger charge is -2.08. The number of nitrogens with zero attached hydrogens (tertiary/aromatic N) is 7. The molecule has 0 atom stereocenters. The molecule has 1 aromatic carbocycles. The predicted molar refractivity (Wildman–Crippen MR) is 110 cm³/mol. The van der Waals surface area contributed by atoms with Gasteiger partial charge in [0.1, 0.15) is 17.8 Å². The molecule has 0 saturated heterocycles. The number of aryl methyl sites for hydroxylation is 2. The molecule has 0 saturated carbocycles.